The lowest BCUT2D eigenvalue weighted by molar-refractivity contribution is -0.128. The van der Waals surface area contributed by atoms with E-state index in [0.29, 0.717) is 38.2 Å². The maximum absolute atomic E-state index is 13.4. The number of benzene rings is 1. The molecule has 2 fully saturated rings. The van der Waals surface area contributed by atoms with Gasteiger partial charge in [0.2, 0.25) is 5.91 Å². The van der Waals surface area contributed by atoms with Gasteiger partial charge in [-0.3, -0.25) is 4.79 Å². The number of urea groups is 1. The first kappa shape index (κ1) is 17.6. The van der Waals surface area contributed by atoms with Crippen LogP contribution in [0.4, 0.5) is 13.6 Å². The summed E-state index contributed by atoms with van der Waals surface area (Å²) in [4.78, 5) is 27.8. The zero-order valence-corrected chi connectivity index (χ0v) is 14.4. The summed E-state index contributed by atoms with van der Waals surface area (Å²) in [6, 6.07) is 3.69. The van der Waals surface area contributed by atoms with E-state index in [2.05, 4.69) is 5.32 Å². The van der Waals surface area contributed by atoms with Gasteiger partial charge in [-0.1, -0.05) is 6.07 Å². The first-order valence-electron chi connectivity index (χ1n) is 8.67. The molecule has 7 heteroatoms. The van der Waals surface area contributed by atoms with E-state index in [4.69, 9.17) is 0 Å². The van der Waals surface area contributed by atoms with Gasteiger partial charge in [-0.25, -0.2) is 13.6 Å². The second-order valence-electron chi connectivity index (χ2n) is 7.00. The molecule has 3 amide bonds. The Bertz CT molecular complexity index is 672. The van der Waals surface area contributed by atoms with Crippen LogP contribution in [-0.2, 0) is 11.3 Å². The van der Waals surface area contributed by atoms with Gasteiger partial charge in [-0.2, -0.15) is 0 Å². The van der Waals surface area contributed by atoms with Gasteiger partial charge in [0.25, 0.3) is 0 Å². The van der Waals surface area contributed by atoms with E-state index < -0.39 is 11.6 Å². The van der Waals surface area contributed by atoms with Crippen molar-refractivity contribution in [3.05, 3.63) is 35.4 Å². The number of rotatable bonds is 3. The molecule has 0 atom stereocenters. The number of nitrogens with zero attached hydrogens (tertiary/aromatic N) is 2. The molecule has 0 unspecified atom stereocenters. The number of carbonyl (C=O) groups is 2. The molecule has 2 aliphatic heterocycles. The summed E-state index contributed by atoms with van der Waals surface area (Å²) in [5, 5.41) is 2.80. The third-order valence-electron chi connectivity index (χ3n) is 5.20. The molecule has 1 spiro atoms. The van der Waals surface area contributed by atoms with Crippen molar-refractivity contribution in [1.82, 2.24) is 15.1 Å². The number of likely N-dealkylation sites (tertiary alicyclic amines) is 2. The normalized spacial score (nSPS) is 19.6. The predicted molar refractivity (Wildman–Crippen MR) is 88.7 cm³/mol. The van der Waals surface area contributed by atoms with Crippen LogP contribution in [0.25, 0.3) is 0 Å². The van der Waals surface area contributed by atoms with Crippen molar-refractivity contribution >= 4 is 11.9 Å². The van der Waals surface area contributed by atoms with Crippen molar-refractivity contribution in [2.24, 2.45) is 5.41 Å². The van der Waals surface area contributed by atoms with E-state index in [-0.39, 0.29) is 23.9 Å². The number of halogens is 2. The van der Waals surface area contributed by atoms with Crippen molar-refractivity contribution in [3.63, 3.8) is 0 Å². The van der Waals surface area contributed by atoms with E-state index in [1.807, 2.05) is 6.92 Å². The zero-order chi connectivity index (χ0) is 18.0. The molecule has 1 N–H and O–H groups in total. The van der Waals surface area contributed by atoms with Crippen molar-refractivity contribution < 1.29 is 18.4 Å². The van der Waals surface area contributed by atoms with Gasteiger partial charge in [-0.15, -0.1) is 0 Å². The average Bonchev–Trinajstić information content (AvgIpc) is 2.87. The molecule has 3 rings (SSSR count). The topological polar surface area (TPSA) is 52.7 Å². The number of piperidine rings is 1. The van der Waals surface area contributed by atoms with Crippen molar-refractivity contribution in [2.45, 2.75) is 32.7 Å². The largest absolute Gasteiger partial charge is 0.338 e. The van der Waals surface area contributed by atoms with E-state index in [1.54, 1.807) is 9.80 Å². The van der Waals surface area contributed by atoms with Crippen molar-refractivity contribution in [3.8, 4) is 0 Å². The molecule has 2 saturated heterocycles. The second-order valence-corrected chi connectivity index (χ2v) is 7.00. The number of hydrogen-bond acceptors (Lipinski definition) is 2. The average molecular weight is 351 g/mol. The summed E-state index contributed by atoms with van der Waals surface area (Å²) in [6.07, 6.45) is 2.02. The maximum Gasteiger partial charge on any atom is 0.317 e. The van der Waals surface area contributed by atoms with Crippen LogP contribution in [-0.4, -0.2) is 47.9 Å². The number of hydrogen-bond donors (Lipinski definition) is 1. The highest BCUT2D eigenvalue weighted by molar-refractivity contribution is 5.80. The van der Waals surface area contributed by atoms with Crippen molar-refractivity contribution in [2.75, 3.05) is 26.2 Å². The minimum atomic E-state index is -0.894. The predicted octanol–water partition coefficient (Wildman–Crippen LogP) is 2.51. The number of amides is 3. The minimum absolute atomic E-state index is 0.0381. The fourth-order valence-electron chi connectivity index (χ4n) is 3.77. The lowest BCUT2D eigenvalue weighted by atomic mass is 9.77. The van der Waals surface area contributed by atoms with Crippen LogP contribution in [0.3, 0.4) is 0 Å². The summed E-state index contributed by atoms with van der Waals surface area (Å²) < 4.78 is 26.4. The first-order chi connectivity index (χ1) is 11.9. The van der Waals surface area contributed by atoms with Crippen LogP contribution in [0, 0.1) is 17.0 Å². The second kappa shape index (κ2) is 6.98. The molecule has 1 aromatic rings. The molecule has 136 valence electrons. The quantitative estimate of drug-likeness (QED) is 0.910. The van der Waals surface area contributed by atoms with Crippen LogP contribution in [0.15, 0.2) is 18.2 Å². The molecule has 2 aliphatic rings. The molecule has 0 saturated carbocycles. The highest BCUT2D eigenvalue weighted by Gasteiger charge is 2.45. The lowest BCUT2D eigenvalue weighted by Crippen LogP contribution is -2.48. The van der Waals surface area contributed by atoms with Gasteiger partial charge >= 0.3 is 6.03 Å². The maximum atomic E-state index is 13.4. The zero-order valence-electron chi connectivity index (χ0n) is 14.4. The Morgan fingerprint density at radius 3 is 2.60 bits per heavy atom. The fraction of sp³-hybridized carbons (Fsp3) is 0.556. The van der Waals surface area contributed by atoms with Crippen LogP contribution in [0.5, 0.6) is 0 Å². The van der Waals surface area contributed by atoms with Gasteiger partial charge < -0.3 is 15.1 Å². The highest BCUT2D eigenvalue weighted by Crippen LogP contribution is 2.41. The van der Waals surface area contributed by atoms with Crippen LogP contribution in [0.2, 0.25) is 0 Å². The first-order valence-corrected chi connectivity index (χ1v) is 8.67. The molecule has 1 aromatic carbocycles. The molecule has 0 bridgehead atoms. The lowest BCUT2D eigenvalue weighted by Gasteiger charge is -2.38. The molecule has 0 aromatic heterocycles. The molecule has 0 radical (unpaired) electrons. The Kier molecular flexibility index (Phi) is 4.92. The third kappa shape index (κ3) is 3.75. The summed E-state index contributed by atoms with van der Waals surface area (Å²) in [7, 11) is 0. The van der Waals surface area contributed by atoms with Crippen LogP contribution in [0.1, 0.15) is 31.7 Å². The summed E-state index contributed by atoms with van der Waals surface area (Å²) in [5.74, 6) is -1.74. The fourth-order valence-corrected chi connectivity index (χ4v) is 3.77. The third-order valence-corrected chi connectivity index (χ3v) is 5.20. The number of nitrogens with one attached hydrogen (secondary N) is 1. The Hall–Kier alpha value is -2.18. The van der Waals surface area contributed by atoms with Crippen LogP contribution >= 0.6 is 0 Å². The Balaban J connectivity index is 1.61. The van der Waals surface area contributed by atoms with Gasteiger partial charge in [0.15, 0.2) is 11.6 Å². The standard InChI is InChI=1S/C18H23F2N3O2/c1-2-21-17(25)22-7-5-18(6-8-22)10-16(24)23(12-18)11-13-3-4-14(19)15(20)9-13/h3-4,9H,2,5-8,10-12H2,1H3,(H,21,25). The molecule has 0 aliphatic carbocycles. The SMILES string of the molecule is CCNC(=O)N1CCC2(CC1)CC(=O)N(Cc1ccc(F)c(F)c1)C2. The Morgan fingerprint density at radius 2 is 1.96 bits per heavy atom. The molecular formula is C18H23F2N3O2. The smallest absolute Gasteiger partial charge is 0.317 e. The Morgan fingerprint density at radius 1 is 1.24 bits per heavy atom. The van der Waals surface area contributed by atoms with Crippen molar-refractivity contribution in [1.29, 1.82) is 0 Å². The Labute approximate surface area is 146 Å². The van der Waals surface area contributed by atoms with E-state index in [9.17, 15) is 18.4 Å². The summed E-state index contributed by atoms with van der Waals surface area (Å²) in [6.45, 7) is 4.65. The van der Waals surface area contributed by atoms with Gasteiger partial charge in [0.1, 0.15) is 0 Å². The number of carbonyl (C=O) groups excluding carboxylic acids is 2. The molecule has 2 heterocycles. The van der Waals surface area contributed by atoms with E-state index >= 15 is 0 Å². The van der Waals surface area contributed by atoms with Crippen LogP contribution < -0.4 is 5.32 Å². The molecule has 5 nitrogen and oxygen atoms in total. The monoisotopic (exact) mass is 351 g/mol. The highest BCUT2D eigenvalue weighted by atomic mass is 19.2. The van der Waals surface area contributed by atoms with Gasteiger partial charge in [-0.05, 0) is 37.5 Å². The van der Waals surface area contributed by atoms with Gasteiger partial charge in [0.05, 0.1) is 0 Å². The van der Waals surface area contributed by atoms with Gasteiger partial charge in [0, 0.05) is 44.6 Å². The van der Waals surface area contributed by atoms with E-state index in [0.717, 1.165) is 25.0 Å². The summed E-state index contributed by atoms with van der Waals surface area (Å²) >= 11 is 0. The van der Waals surface area contributed by atoms with E-state index in [1.165, 1.54) is 6.07 Å². The minimum Gasteiger partial charge on any atom is -0.338 e. The summed E-state index contributed by atoms with van der Waals surface area (Å²) in [5.41, 5.74) is 0.475. The molecule has 25 heavy (non-hydrogen) atoms. The molecular weight excluding hydrogens is 328 g/mol.